The van der Waals surface area contributed by atoms with Crippen molar-refractivity contribution in [1.29, 1.82) is 0 Å². The molecule has 1 rings (SSSR count). The lowest BCUT2D eigenvalue weighted by atomic mass is 10.8. The molecule has 1 aromatic heterocycles. The van der Waals surface area contributed by atoms with Crippen LogP contribution in [0.5, 0.6) is 0 Å². The average molecular weight is 184 g/mol. The molecule has 0 unspecified atom stereocenters. The highest BCUT2D eigenvalue weighted by Crippen LogP contribution is 2.04. The van der Waals surface area contributed by atoms with E-state index >= 15 is 0 Å². The molecule has 1 heterocycles. The van der Waals surface area contributed by atoms with Crippen molar-refractivity contribution >= 4 is 17.8 Å². The van der Waals surface area contributed by atoms with Crippen LogP contribution in [0.4, 0.5) is 17.8 Å². The van der Waals surface area contributed by atoms with Crippen molar-refractivity contribution in [3.05, 3.63) is 0 Å². The molecule has 1 aromatic rings. The van der Waals surface area contributed by atoms with Gasteiger partial charge in [-0.3, -0.25) is 0 Å². The topological polar surface area (TPSA) is 141 Å². The molecular weight excluding hydrogens is 172 g/mol. The fraction of sp³-hybridized carbons (Fsp3) is 0.400. The second kappa shape index (κ2) is 4.38. The molecule has 0 saturated carbocycles. The van der Waals surface area contributed by atoms with Gasteiger partial charge in [-0.05, 0) is 0 Å². The first-order valence-corrected chi connectivity index (χ1v) is 3.65. The lowest BCUT2D eigenvalue weighted by Gasteiger charge is -2.05. The van der Waals surface area contributed by atoms with Gasteiger partial charge in [0, 0.05) is 0 Å². The Bertz CT molecular complexity index is 249. The molecule has 0 atom stereocenters. The van der Waals surface area contributed by atoms with E-state index < -0.39 is 0 Å². The number of rotatable bonds is 4. The summed E-state index contributed by atoms with van der Waals surface area (Å²) in [7, 11) is 0. The summed E-state index contributed by atoms with van der Waals surface area (Å²) in [6.07, 6.45) is 0. The van der Waals surface area contributed by atoms with Crippen molar-refractivity contribution in [2.45, 2.75) is 0 Å². The summed E-state index contributed by atoms with van der Waals surface area (Å²) in [6, 6.07) is 0. The molecule has 8 nitrogen and oxygen atoms in total. The molecule has 0 bridgehead atoms. The van der Waals surface area contributed by atoms with Gasteiger partial charge in [-0.1, -0.05) is 0 Å². The Kier molecular flexibility index (Phi) is 3.17. The van der Waals surface area contributed by atoms with Crippen molar-refractivity contribution in [1.82, 2.24) is 15.0 Å². The van der Waals surface area contributed by atoms with E-state index in [1.165, 1.54) is 0 Å². The fourth-order valence-corrected chi connectivity index (χ4v) is 0.733. The van der Waals surface area contributed by atoms with E-state index in [0.717, 1.165) is 0 Å². The van der Waals surface area contributed by atoms with Gasteiger partial charge in [0.2, 0.25) is 17.8 Å². The van der Waals surface area contributed by atoms with Crippen LogP contribution in [-0.4, -0.2) is 28.3 Å². The van der Waals surface area contributed by atoms with Crippen molar-refractivity contribution in [2.24, 2.45) is 11.5 Å². The quantitative estimate of drug-likeness (QED) is 0.342. The van der Waals surface area contributed by atoms with Gasteiger partial charge < -0.3 is 27.8 Å². The van der Waals surface area contributed by atoms with Crippen LogP contribution in [0.25, 0.3) is 0 Å². The summed E-state index contributed by atoms with van der Waals surface area (Å²) in [6.45, 7) is 0.455. The van der Waals surface area contributed by atoms with Crippen LogP contribution in [0, 0.1) is 0 Å². The van der Waals surface area contributed by atoms with Gasteiger partial charge in [0.05, 0.1) is 13.3 Å². The predicted molar refractivity (Wildman–Crippen MR) is 49.6 cm³/mol. The number of aromatic nitrogens is 3. The molecule has 0 radical (unpaired) electrons. The molecule has 0 aromatic carbocycles. The lowest BCUT2D eigenvalue weighted by Crippen LogP contribution is -2.18. The Morgan fingerprint density at radius 3 is 1.77 bits per heavy atom. The third-order valence-corrected chi connectivity index (χ3v) is 1.17. The summed E-state index contributed by atoms with van der Waals surface area (Å²) in [5, 5.41) is 5.40. The van der Waals surface area contributed by atoms with Crippen molar-refractivity contribution in [2.75, 3.05) is 29.7 Å². The number of nitrogens with one attached hydrogen (secondary N) is 2. The zero-order valence-corrected chi connectivity index (χ0v) is 6.99. The van der Waals surface area contributed by atoms with E-state index in [1.54, 1.807) is 0 Å². The standard InChI is InChI=1S/C5H12N8/c6-1-9-4-11-3(8)12-5(13-4)10-2-7/h1-2,6-7H2,(H4,8,9,10,11,12,13). The summed E-state index contributed by atoms with van der Waals surface area (Å²) in [5.74, 6) is 0.763. The molecule has 0 aliphatic carbocycles. The van der Waals surface area contributed by atoms with Crippen LogP contribution in [0.15, 0.2) is 0 Å². The first kappa shape index (κ1) is 9.42. The second-order valence-corrected chi connectivity index (χ2v) is 2.10. The van der Waals surface area contributed by atoms with Gasteiger partial charge in [-0.15, -0.1) is 0 Å². The number of hydrogen-bond donors (Lipinski definition) is 5. The maximum Gasteiger partial charge on any atom is 0.230 e. The minimum absolute atomic E-state index is 0.113. The van der Waals surface area contributed by atoms with Crippen LogP contribution in [0.2, 0.25) is 0 Å². The fourth-order valence-electron chi connectivity index (χ4n) is 0.733. The Hall–Kier alpha value is -1.67. The first-order chi connectivity index (χ1) is 6.26. The van der Waals surface area contributed by atoms with E-state index in [9.17, 15) is 0 Å². The number of nitrogens with two attached hydrogens (primary N) is 3. The predicted octanol–water partition coefficient (Wildman–Crippen LogP) is -1.89. The van der Waals surface area contributed by atoms with E-state index in [-0.39, 0.29) is 19.3 Å². The van der Waals surface area contributed by atoms with Crippen molar-refractivity contribution < 1.29 is 0 Å². The maximum atomic E-state index is 5.40. The van der Waals surface area contributed by atoms with Crippen LogP contribution in [0.1, 0.15) is 0 Å². The summed E-state index contributed by atoms with van der Waals surface area (Å²) in [5.41, 5.74) is 15.9. The van der Waals surface area contributed by atoms with Crippen molar-refractivity contribution in [3.8, 4) is 0 Å². The van der Waals surface area contributed by atoms with Gasteiger partial charge in [0.15, 0.2) is 0 Å². The minimum Gasteiger partial charge on any atom is -0.368 e. The minimum atomic E-state index is 0.113. The lowest BCUT2D eigenvalue weighted by molar-refractivity contribution is 0.990. The number of nitrogen functional groups attached to an aromatic ring is 1. The first-order valence-electron chi connectivity index (χ1n) is 3.65. The zero-order chi connectivity index (χ0) is 9.68. The molecule has 8 N–H and O–H groups in total. The highest BCUT2D eigenvalue weighted by atomic mass is 15.3. The Labute approximate surface area is 74.9 Å². The number of hydrogen-bond acceptors (Lipinski definition) is 8. The van der Waals surface area contributed by atoms with E-state index in [2.05, 4.69) is 25.6 Å². The highest BCUT2D eigenvalue weighted by Gasteiger charge is 2.01. The Balaban J connectivity index is 2.83. The Morgan fingerprint density at radius 1 is 0.923 bits per heavy atom. The van der Waals surface area contributed by atoms with Crippen LogP contribution in [-0.2, 0) is 0 Å². The molecule has 0 spiro atoms. The van der Waals surface area contributed by atoms with Crippen LogP contribution >= 0.6 is 0 Å². The highest BCUT2D eigenvalue weighted by molar-refractivity contribution is 5.39. The normalized spacial score (nSPS) is 9.69. The van der Waals surface area contributed by atoms with E-state index in [4.69, 9.17) is 17.2 Å². The largest absolute Gasteiger partial charge is 0.368 e. The van der Waals surface area contributed by atoms with Gasteiger partial charge in [-0.25, -0.2) is 0 Å². The number of nitrogens with zero attached hydrogens (tertiary/aromatic N) is 3. The molecule has 8 heteroatoms. The molecule has 0 amide bonds. The monoisotopic (exact) mass is 184 g/mol. The maximum absolute atomic E-state index is 5.40. The molecule has 0 fully saturated rings. The summed E-state index contributed by atoms with van der Waals surface area (Å²) >= 11 is 0. The molecular formula is C5H12N8. The molecule has 0 saturated heterocycles. The molecule has 72 valence electrons. The summed E-state index contributed by atoms with van der Waals surface area (Å²) < 4.78 is 0. The summed E-state index contributed by atoms with van der Waals surface area (Å²) in [4.78, 5) is 11.5. The van der Waals surface area contributed by atoms with E-state index in [0.29, 0.717) is 11.9 Å². The molecule has 0 aliphatic heterocycles. The second-order valence-electron chi connectivity index (χ2n) is 2.10. The van der Waals surface area contributed by atoms with Gasteiger partial charge in [0.25, 0.3) is 0 Å². The average Bonchev–Trinajstić information content (AvgIpc) is 2.04. The van der Waals surface area contributed by atoms with Gasteiger partial charge >= 0.3 is 0 Å². The van der Waals surface area contributed by atoms with Gasteiger partial charge in [-0.2, -0.15) is 15.0 Å². The zero-order valence-electron chi connectivity index (χ0n) is 6.99. The number of anilines is 3. The molecule has 13 heavy (non-hydrogen) atoms. The molecule has 0 aliphatic rings. The van der Waals surface area contributed by atoms with Crippen LogP contribution in [0.3, 0.4) is 0 Å². The smallest absolute Gasteiger partial charge is 0.230 e. The third-order valence-electron chi connectivity index (χ3n) is 1.17. The third kappa shape index (κ3) is 2.69. The SMILES string of the molecule is NCNc1nc(N)nc(NCN)n1. The van der Waals surface area contributed by atoms with E-state index in [1.807, 2.05) is 0 Å². The van der Waals surface area contributed by atoms with Crippen LogP contribution < -0.4 is 27.8 Å². The van der Waals surface area contributed by atoms with Gasteiger partial charge in [0.1, 0.15) is 0 Å². The van der Waals surface area contributed by atoms with Crippen molar-refractivity contribution in [3.63, 3.8) is 0 Å². The Morgan fingerprint density at radius 2 is 1.38 bits per heavy atom.